The Hall–Kier alpha value is -1.94. The predicted octanol–water partition coefficient (Wildman–Crippen LogP) is 2.00. The summed E-state index contributed by atoms with van der Waals surface area (Å²) < 4.78 is 12.8. The Morgan fingerprint density at radius 3 is 2.70 bits per heavy atom. The normalized spacial score (nSPS) is 13.4. The van der Waals surface area contributed by atoms with Crippen molar-refractivity contribution in [3.05, 3.63) is 65.0 Å². The minimum atomic E-state index is -0.411. The fraction of sp³-hybridized carbons (Fsp3) is 0.188. The van der Waals surface area contributed by atoms with Crippen LogP contribution in [0.1, 0.15) is 21.5 Å². The lowest BCUT2D eigenvalue weighted by Crippen LogP contribution is -2.26. The summed E-state index contributed by atoms with van der Waals surface area (Å²) in [4.78, 5) is 12.1. The Bertz CT molecular complexity index is 652. The number of benzene rings is 2. The van der Waals surface area contributed by atoms with Gasteiger partial charge in [-0.25, -0.2) is 4.39 Å². The van der Waals surface area contributed by atoms with Gasteiger partial charge in [0.15, 0.2) is 5.78 Å². The van der Waals surface area contributed by atoms with Crippen LogP contribution in [0.25, 0.3) is 0 Å². The molecule has 0 saturated heterocycles. The number of hydrogen-bond acceptors (Lipinski definition) is 2. The van der Waals surface area contributed by atoms with E-state index in [4.69, 9.17) is 0 Å². The molecule has 20 heavy (non-hydrogen) atoms. The van der Waals surface area contributed by atoms with Gasteiger partial charge in [-0.05, 0) is 48.0 Å². The molecule has 0 fully saturated rings. The highest BCUT2D eigenvalue weighted by Crippen LogP contribution is 2.16. The smallest absolute Gasteiger partial charge is 0.324 e. The zero-order valence-electron chi connectivity index (χ0n) is 11.0. The van der Waals surface area contributed by atoms with Crippen molar-refractivity contribution >= 4 is 18.2 Å². The molecule has 0 bridgehead atoms. The van der Waals surface area contributed by atoms with Crippen LogP contribution in [0.4, 0.5) is 4.39 Å². The summed E-state index contributed by atoms with van der Waals surface area (Å²) in [5.74, 6) is -0.389. The molecule has 0 aromatic heterocycles. The second-order valence-corrected chi connectivity index (χ2v) is 5.19. The van der Waals surface area contributed by atoms with Crippen molar-refractivity contribution in [1.29, 1.82) is 0 Å². The van der Waals surface area contributed by atoms with Crippen molar-refractivity contribution < 1.29 is 14.2 Å². The molecule has 0 radical (unpaired) electrons. The van der Waals surface area contributed by atoms with Crippen LogP contribution in [0.2, 0.25) is 6.32 Å². The lowest BCUT2D eigenvalue weighted by Gasteiger charge is -2.06. The molecule has 1 aliphatic rings. The molecule has 1 heterocycles. The van der Waals surface area contributed by atoms with Gasteiger partial charge in [0.2, 0.25) is 0 Å². The second-order valence-electron chi connectivity index (χ2n) is 5.19. The molecule has 1 aliphatic heterocycles. The maximum atomic E-state index is 12.8. The number of carbonyl (C=O) groups is 1. The summed E-state index contributed by atoms with van der Waals surface area (Å²) >= 11 is 0. The monoisotopic (exact) mass is 268 g/mol. The van der Waals surface area contributed by atoms with Gasteiger partial charge in [0.25, 0.3) is 0 Å². The summed E-state index contributed by atoms with van der Waals surface area (Å²) in [6.07, 6.45) is 1.92. The Morgan fingerprint density at radius 2 is 1.95 bits per heavy atom. The zero-order valence-corrected chi connectivity index (χ0v) is 11.0. The van der Waals surface area contributed by atoms with E-state index >= 15 is 0 Å². The Labute approximate surface area is 117 Å². The summed E-state index contributed by atoms with van der Waals surface area (Å²) in [7, 11) is 0. The van der Waals surface area contributed by atoms with Gasteiger partial charge in [-0.3, -0.25) is 4.79 Å². The minimum absolute atomic E-state index is 0.0440. The van der Waals surface area contributed by atoms with Gasteiger partial charge >= 0.3 is 6.92 Å². The molecule has 0 amide bonds. The molecule has 0 aliphatic carbocycles. The third-order valence-electron chi connectivity index (χ3n) is 3.79. The Balaban J connectivity index is 1.79. The molecule has 2 aromatic rings. The van der Waals surface area contributed by atoms with E-state index < -0.39 is 6.92 Å². The van der Waals surface area contributed by atoms with Crippen LogP contribution in [0, 0.1) is 5.82 Å². The van der Waals surface area contributed by atoms with E-state index in [1.165, 1.54) is 24.3 Å². The van der Waals surface area contributed by atoms with Crippen molar-refractivity contribution in [2.24, 2.45) is 0 Å². The number of halogens is 1. The van der Waals surface area contributed by atoms with E-state index in [2.05, 4.69) is 0 Å². The molecule has 0 saturated carbocycles. The van der Waals surface area contributed by atoms with E-state index in [1.54, 1.807) is 0 Å². The third kappa shape index (κ3) is 2.52. The standard InChI is InChI=1S/C16H14BFO2/c18-14-5-3-13(4-6-14)16(19)10-11-1-2-12-7-8-17(20)15(12)9-11/h1-6,9,20H,7-8,10H2. The van der Waals surface area contributed by atoms with Crippen molar-refractivity contribution in [2.75, 3.05) is 0 Å². The van der Waals surface area contributed by atoms with Crippen molar-refractivity contribution in [3.8, 4) is 0 Å². The highest BCUT2D eigenvalue weighted by atomic mass is 19.1. The summed E-state index contributed by atoms with van der Waals surface area (Å²) in [5.41, 5.74) is 3.50. The largest absolute Gasteiger partial charge is 0.446 e. The average molecular weight is 268 g/mol. The number of fused-ring (bicyclic) bond motifs is 1. The van der Waals surface area contributed by atoms with E-state index in [1.807, 2.05) is 18.2 Å². The molecular weight excluding hydrogens is 254 g/mol. The summed E-state index contributed by atoms with van der Waals surface area (Å²) in [5, 5.41) is 9.86. The molecule has 2 nitrogen and oxygen atoms in total. The van der Waals surface area contributed by atoms with Gasteiger partial charge in [-0.15, -0.1) is 0 Å². The average Bonchev–Trinajstić information content (AvgIpc) is 2.81. The predicted molar refractivity (Wildman–Crippen MR) is 77.0 cm³/mol. The molecule has 2 aromatic carbocycles. The Morgan fingerprint density at radius 1 is 1.20 bits per heavy atom. The van der Waals surface area contributed by atoms with E-state index in [-0.39, 0.29) is 18.0 Å². The fourth-order valence-corrected chi connectivity index (χ4v) is 2.66. The first-order valence-electron chi connectivity index (χ1n) is 6.72. The molecular formula is C16H14BFO2. The first-order chi connectivity index (χ1) is 9.63. The van der Waals surface area contributed by atoms with Gasteiger partial charge in [0, 0.05) is 12.0 Å². The number of hydrogen-bond donors (Lipinski definition) is 1. The molecule has 100 valence electrons. The van der Waals surface area contributed by atoms with Gasteiger partial charge in [-0.1, -0.05) is 23.8 Å². The molecule has 0 spiro atoms. The van der Waals surface area contributed by atoms with Crippen LogP contribution in [0.3, 0.4) is 0 Å². The number of rotatable bonds is 3. The van der Waals surface area contributed by atoms with Crippen LogP contribution in [-0.4, -0.2) is 17.7 Å². The van der Waals surface area contributed by atoms with Gasteiger partial charge in [0.05, 0.1) is 0 Å². The summed E-state index contributed by atoms with van der Waals surface area (Å²) in [6.45, 7) is -0.411. The summed E-state index contributed by atoms with van der Waals surface area (Å²) in [6, 6.07) is 11.4. The maximum absolute atomic E-state index is 12.8. The number of aryl methyl sites for hydroxylation is 1. The first-order valence-corrected chi connectivity index (χ1v) is 6.72. The highest BCUT2D eigenvalue weighted by molar-refractivity contribution is 6.68. The van der Waals surface area contributed by atoms with Crippen LogP contribution in [0.5, 0.6) is 0 Å². The van der Waals surface area contributed by atoms with Gasteiger partial charge in [0.1, 0.15) is 5.82 Å². The molecule has 1 N–H and O–H groups in total. The second kappa shape index (κ2) is 5.21. The topological polar surface area (TPSA) is 37.3 Å². The lowest BCUT2D eigenvalue weighted by atomic mass is 9.63. The first kappa shape index (κ1) is 13.1. The number of ketones is 1. The van der Waals surface area contributed by atoms with E-state index in [9.17, 15) is 14.2 Å². The molecule has 4 heteroatoms. The van der Waals surface area contributed by atoms with Crippen molar-refractivity contribution in [1.82, 2.24) is 0 Å². The quantitative estimate of drug-likeness (QED) is 0.682. The fourth-order valence-electron chi connectivity index (χ4n) is 2.66. The highest BCUT2D eigenvalue weighted by Gasteiger charge is 2.24. The van der Waals surface area contributed by atoms with E-state index in [0.717, 1.165) is 29.3 Å². The van der Waals surface area contributed by atoms with Crippen molar-refractivity contribution in [2.45, 2.75) is 19.2 Å². The number of carbonyl (C=O) groups excluding carboxylic acids is 1. The minimum Gasteiger partial charge on any atom is -0.446 e. The van der Waals surface area contributed by atoms with Crippen LogP contribution < -0.4 is 5.46 Å². The van der Waals surface area contributed by atoms with Crippen LogP contribution in [-0.2, 0) is 12.8 Å². The Kier molecular flexibility index (Phi) is 3.41. The van der Waals surface area contributed by atoms with Crippen LogP contribution in [0.15, 0.2) is 42.5 Å². The van der Waals surface area contributed by atoms with Gasteiger partial charge in [-0.2, -0.15) is 0 Å². The van der Waals surface area contributed by atoms with Crippen molar-refractivity contribution in [3.63, 3.8) is 0 Å². The third-order valence-corrected chi connectivity index (χ3v) is 3.79. The van der Waals surface area contributed by atoms with E-state index in [0.29, 0.717) is 5.56 Å². The van der Waals surface area contributed by atoms with Gasteiger partial charge < -0.3 is 5.02 Å². The lowest BCUT2D eigenvalue weighted by molar-refractivity contribution is 0.0993. The maximum Gasteiger partial charge on any atom is 0.324 e. The SMILES string of the molecule is O=C(Cc1ccc2c(c1)B(O)CC2)c1ccc(F)cc1. The molecule has 0 atom stereocenters. The van der Waals surface area contributed by atoms with Crippen LogP contribution >= 0.6 is 0 Å². The molecule has 0 unspecified atom stereocenters. The zero-order chi connectivity index (χ0) is 14.1. The number of Topliss-reactive ketones (excluding diaryl/α,β-unsaturated/α-hetero) is 1. The molecule has 3 rings (SSSR count).